The van der Waals surface area contributed by atoms with Gasteiger partial charge in [0.15, 0.2) is 0 Å². The van der Waals surface area contributed by atoms with E-state index in [4.69, 9.17) is 4.98 Å². The van der Waals surface area contributed by atoms with Crippen molar-refractivity contribution < 1.29 is 0 Å². The summed E-state index contributed by atoms with van der Waals surface area (Å²) in [5, 5.41) is 3.56. The van der Waals surface area contributed by atoms with Gasteiger partial charge in [-0.2, -0.15) is 0 Å². The molecule has 1 nitrogen and oxygen atoms in total. The van der Waals surface area contributed by atoms with Crippen molar-refractivity contribution in [3.05, 3.63) is 271 Å². The second kappa shape index (κ2) is 15.1. The van der Waals surface area contributed by atoms with Gasteiger partial charge in [-0.05, 0) is 119 Å². The van der Waals surface area contributed by atoms with Crippen molar-refractivity contribution in [3.63, 3.8) is 0 Å². The molecule has 12 rings (SSSR count). The molecule has 11 aromatic rings. The Morgan fingerprint density at radius 2 is 0.730 bits per heavy atom. The van der Waals surface area contributed by atoms with Crippen LogP contribution in [0, 0.1) is 0 Å². The van der Waals surface area contributed by atoms with Gasteiger partial charge in [0.1, 0.15) is 0 Å². The van der Waals surface area contributed by atoms with Gasteiger partial charge >= 0.3 is 0 Å². The Kier molecular flexibility index (Phi) is 8.79. The summed E-state index contributed by atoms with van der Waals surface area (Å²) in [6, 6.07) is 90.8. The van der Waals surface area contributed by atoms with Crippen molar-refractivity contribution in [1.29, 1.82) is 0 Å². The van der Waals surface area contributed by atoms with Crippen LogP contribution in [0.5, 0.6) is 0 Å². The van der Waals surface area contributed by atoms with Gasteiger partial charge in [-0.25, -0.2) is 4.98 Å². The minimum Gasteiger partial charge on any atom is -0.248 e. The molecule has 294 valence electrons. The Hall–Kier alpha value is -8.13. The number of nitrogens with zero attached hydrogens (tertiary/aromatic N) is 1. The van der Waals surface area contributed by atoms with Crippen LogP contribution >= 0.6 is 0 Å². The average molecular weight is 800 g/mol. The minimum atomic E-state index is -0.430. The predicted octanol–water partition coefficient (Wildman–Crippen LogP) is 16.1. The van der Waals surface area contributed by atoms with Crippen LogP contribution in [0.4, 0.5) is 0 Å². The molecule has 63 heavy (non-hydrogen) atoms. The van der Waals surface area contributed by atoms with E-state index in [1.165, 1.54) is 83.1 Å². The highest BCUT2D eigenvalue weighted by Crippen LogP contribution is 2.56. The van der Waals surface area contributed by atoms with Gasteiger partial charge in [0, 0.05) is 10.9 Å². The van der Waals surface area contributed by atoms with Gasteiger partial charge in [0.05, 0.1) is 16.6 Å². The number of hydrogen-bond donors (Lipinski definition) is 0. The summed E-state index contributed by atoms with van der Waals surface area (Å²) >= 11 is 0. The summed E-state index contributed by atoms with van der Waals surface area (Å²) in [6.07, 6.45) is 0. The van der Waals surface area contributed by atoms with Gasteiger partial charge in [-0.3, -0.25) is 0 Å². The van der Waals surface area contributed by atoms with Crippen molar-refractivity contribution >= 4 is 21.7 Å². The fourth-order valence-electron chi connectivity index (χ4n) is 10.1. The quantitative estimate of drug-likeness (QED) is 0.156. The highest BCUT2D eigenvalue weighted by molar-refractivity contribution is 6.00. The second-order valence-electron chi connectivity index (χ2n) is 16.7. The molecule has 0 aliphatic heterocycles. The first-order chi connectivity index (χ1) is 31.2. The van der Waals surface area contributed by atoms with Crippen LogP contribution in [0.3, 0.4) is 0 Å². The monoisotopic (exact) mass is 799 g/mol. The van der Waals surface area contributed by atoms with Gasteiger partial charge < -0.3 is 0 Å². The van der Waals surface area contributed by atoms with Crippen molar-refractivity contribution in [2.45, 2.75) is 5.41 Å². The Labute approximate surface area is 368 Å². The zero-order valence-electron chi connectivity index (χ0n) is 34.6. The van der Waals surface area contributed by atoms with E-state index < -0.39 is 5.41 Å². The van der Waals surface area contributed by atoms with Crippen molar-refractivity contribution in [2.24, 2.45) is 0 Å². The first-order valence-electron chi connectivity index (χ1n) is 21.8. The lowest BCUT2D eigenvalue weighted by molar-refractivity contribution is 0.769. The number of pyridine rings is 1. The summed E-state index contributed by atoms with van der Waals surface area (Å²) in [7, 11) is 0. The van der Waals surface area contributed by atoms with Gasteiger partial charge in [0.25, 0.3) is 0 Å². The Morgan fingerprint density at radius 3 is 1.38 bits per heavy atom. The standard InChI is InChI=1S/C62H41N/c1-5-15-42(16-6-1)43-25-27-45(28-26-43)60-41-57(44-17-7-2-8-18-44)56-36-34-51(40-61(56)63-60)49-32-30-46-37-48(31-29-47(46)38-49)50-33-35-55-54-23-13-14-24-58(54)62(59(55)39-50,52-19-9-3-10-20-52)53-21-11-4-12-22-53/h1-41H. The van der Waals surface area contributed by atoms with E-state index >= 15 is 0 Å². The maximum Gasteiger partial charge on any atom is 0.0721 e. The SMILES string of the molecule is c1ccc(-c2ccc(-c3cc(-c4ccccc4)c4ccc(-c5ccc6cc(-c7ccc8c(c7)C(c7ccccc7)(c7ccccc7)c7ccccc7-8)ccc6c5)cc4n3)cc2)cc1. The van der Waals surface area contributed by atoms with E-state index in [0.29, 0.717) is 0 Å². The summed E-state index contributed by atoms with van der Waals surface area (Å²) in [5.74, 6) is 0. The smallest absolute Gasteiger partial charge is 0.0721 e. The summed E-state index contributed by atoms with van der Waals surface area (Å²) in [4.78, 5) is 5.31. The molecule has 0 N–H and O–H groups in total. The zero-order valence-corrected chi connectivity index (χ0v) is 34.6. The van der Waals surface area contributed by atoms with E-state index in [-0.39, 0.29) is 0 Å². The van der Waals surface area contributed by atoms with Crippen molar-refractivity contribution in [2.75, 3.05) is 0 Å². The zero-order chi connectivity index (χ0) is 41.7. The molecular formula is C62H41N. The molecule has 0 atom stereocenters. The maximum absolute atomic E-state index is 5.31. The molecule has 1 heterocycles. The molecule has 0 fully saturated rings. The summed E-state index contributed by atoms with van der Waals surface area (Å²) < 4.78 is 0. The van der Waals surface area contributed by atoms with Crippen LogP contribution in [0.25, 0.3) is 88.6 Å². The second-order valence-corrected chi connectivity index (χ2v) is 16.7. The van der Waals surface area contributed by atoms with Crippen LogP contribution < -0.4 is 0 Å². The molecule has 0 radical (unpaired) electrons. The van der Waals surface area contributed by atoms with E-state index in [1.807, 2.05) is 0 Å². The number of rotatable bonds is 7. The highest BCUT2D eigenvalue weighted by Gasteiger charge is 2.46. The Morgan fingerprint density at radius 1 is 0.270 bits per heavy atom. The first kappa shape index (κ1) is 36.7. The molecule has 1 aromatic heterocycles. The lowest BCUT2D eigenvalue weighted by atomic mass is 9.67. The molecule has 1 aliphatic rings. The van der Waals surface area contributed by atoms with Gasteiger partial charge in [-0.15, -0.1) is 0 Å². The van der Waals surface area contributed by atoms with Gasteiger partial charge in [-0.1, -0.05) is 218 Å². The third-order valence-corrected chi connectivity index (χ3v) is 13.1. The third kappa shape index (κ3) is 6.20. The molecule has 0 unspecified atom stereocenters. The lowest BCUT2D eigenvalue weighted by Crippen LogP contribution is -2.28. The van der Waals surface area contributed by atoms with Crippen LogP contribution in [0.15, 0.2) is 249 Å². The predicted molar refractivity (Wildman–Crippen MR) is 264 cm³/mol. The maximum atomic E-state index is 5.31. The van der Waals surface area contributed by atoms with E-state index in [1.54, 1.807) is 0 Å². The van der Waals surface area contributed by atoms with E-state index in [0.717, 1.165) is 27.7 Å². The number of fused-ring (bicyclic) bond motifs is 5. The molecule has 10 aromatic carbocycles. The molecule has 0 amide bonds. The van der Waals surface area contributed by atoms with Crippen LogP contribution in [-0.4, -0.2) is 4.98 Å². The highest BCUT2D eigenvalue weighted by atomic mass is 14.7. The molecule has 1 aliphatic carbocycles. The molecule has 0 saturated carbocycles. The molecule has 0 spiro atoms. The number of hydrogen-bond acceptors (Lipinski definition) is 1. The summed E-state index contributed by atoms with van der Waals surface area (Å²) in [5.41, 5.74) is 19.9. The topological polar surface area (TPSA) is 12.9 Å². The minimum absolute atomic E-state index is 0.430. The van der Waals surface area contributed by atoms with Crippen LogP contribution in [0.1, 0.15) is 22.3 Å². The van der Waals surface area contributed by atoms with Crippen LogP contribution in [-0.2, 0) is 5.41 Å². The third-order valence-electron chi connectivity index (χ3n) is 13.1. The number of aromatic nitrogens is 1. The van der Waals surface area contributed by atoms with Crippen molar-refractivity contribution in [3.8, 4) is 66.9 Å². The molecule has 0 saturated heterocycles. The lowest BCUT2D eigenvalue weighted by Gasteiger charge is -2.34. The molecular weight excluding hydrogens is 759 g/mol. The molecule has 1 heteroatoms. The van der Waals surface area contributed by atoms with E-state index in [9.17, 15) is 0 Å². The van der Waals surface area contributed by atoms with E-state index in [2.05, 4.69) is 249 Å². The summed E-state index contributed by atoms with van der Waals surface area (Å²) in [6.45, 7) is 0. The largest absolute Gasteiger partial charge is 0.248 e. The normalized spacial score (nSPS) is 12.6. The average Bonchev–Trinajstić information content (AvgIpc) is 3.67. The molecule has 0 bridgehead atoms. The number of benzene rings is 10. The van der Waals surface area contributed by atoms with Crippen LogP contribution in [0.2, 0.25) is 0 Å². The van der Waals surface area contributed by atoms with Crippen molar-refractivity contribution in [1.82, 2.24) is 4.98 Å². The Balaban J connectivity index is 0.928. The Bertz CT molecular complexity index is 3420. The fraction of sp³-hybridized carbons (Fsp3) is 0.0161. The van der Waals surface area contributed by atoms with Gasteiger partial charge in [0.2, 0.25) is 0 Å². The fourth-order valence-corrected chi connectivity index (χ4v) is 10.1. The first-order valence-corrected chi connectivity index (χ1v) is 21.8.